The molecule has 2 rings (SSSR count). The number of aryl methyl sites for hydroxylation is 1. The van der Waals surface area contributed by atoms with Gasteiger partial charge in [0.05, 0.1) is 13.4 Å². The second kappa shape index (κ2) is 11.6. The molecule has 7 nitrogen and oxygen atoms in total. The van der Waals surface area contributed by atoms with Gasteiger partial charge in [-0.05, 0) is 42.7 Å². The van der Waals surface area contributed by atoms with E-state index in [1.165, 1.54) is 12.7 Å². The van der Waals surface area contributed by atoms with Gasteiger partial charge in [-0.2, -0.15) is 0 Å². The Balaban J connectivity index is 1.97. The third kappa shape index (κ3) is 8.25. The van der Waals surface area contributed by atoms with Crippen LogP contribution in [0.25, 0.3) is 0 Å². The summed E-state index contributed by atoms with van der Waals surface area (Å²) >= 11 is 0. The smallest absolute Gasteiger partial charge is 0.238 e. The second-order valence-electron chi connectivity index (χ2n) is 7.77. The number of rotatable bonds is 9. The maximum Gasteiger partial charge on any atom is 0.238 e. The summed E-state index contributed by atoms with van der Waals surface area (Å²) in [6, 6.07) is 12.4. The molecule has 32 heavy (non-hydrogen) atoms. The van der Waals surface area contributed by atoms with Crippen LogP contribution in [0, 0.1) is 24.7 Å². The second-order valence-corrected chi connectivity index (χ2v) is 9.55. The minimum absolute atomic E-state index is 0.198. The summed E-state index contributed by atoms with van der Waals surface area (Å²) in [5.74, 6) is 6.49. The highest BCUT2D eigenvalue weighted by Crippen LogP contribution is 2.28. The molecule has 0 saturated carbocycles. The fourth-order valence-corrected chi connectivity index (χ4v) is 3.69. The summed E-state index contributed by atoms with van der Waals surface area (Å²) in [6.45, 7) is 6.00. The zero-order valence-electron chi connectivity index (χ0n) is 19.1. The minimum Gasteiger partial charge on any atom is -0.493 e. The van der Waals surface area contributed by atoms with E-state index in [4.69, 9.17) is 9.47 Å². The van der Waals surface area contributed by atoms with E-state index in [-0.39, 0.29) is 19.1 Å². The van der Waals surface area contributed by atoms with Gasteiger partial charge in [0.15, 0.2) is 11.5 Å². The highest BCUT2D eigenvalue weighted by atomic mass is 32.2. The zero-order chi connectivity index (χ0) is 23.7. The van der Waals surface area contributed by atoms with Gasteiger partial charge in [-0.25, -0.2) is 13.1 Å². The van der Waals surface area contributed by atoms with Crippen molar-refractivity contribution in [2.45, 2.75) is 33.4 Å². The third-order valence-electron chi connectivity index (χ3n) is 4.57. The van der Waals surface area contributed by atoms with Crippen LogP contribution in [-0.2, 0) is 21.4 Å². The standard InChI is InChI=1S/C24H30N2O5S/c1-17(2)23(26-32(5,28)29)24(27)25-16-20-12-13-21(22(15-20)30-4)31-14-6-7-19-10-8-18(3)9-11-19/h8-13,15,17,23,26H,14,16H2,1-5H3,(H,25,27). The van der Waals surface area contributed by atoms with Crippen LogP contribution in [0.15, 0.2) is 42.5 Å². The Hall–Kier alpha value is -3.02. The molecule has 0 fully saturated rings. The van der Waals surface area contributed by atoms with Crippen molar-refractivity contribution in [1.29, 1.82) is 0 Å². The van der Waals surface area contributed by atoms with Crippen LogP contribution in [0.2, 0.25) is 0 Å². The lowest BCUT2D eigenvalue weighted by molar-refractivity contribution is -0.123. The van der Waals surface area contributed by atoms with Crippen LogP contribution in [0.1, 0.15) is 30.5 Å². The monoisotopic (exact) mass is 458 g/mol. The predicted molar refractivity (Wildman–Crippen MR) is 125 cm³/mol. The molecule has 2 aromatic carbocycles. The Bertz CT molecular complexity index is 1080. The predicted octanol–water partition coefficient (Wildman–Crippen LogP) is 2.62. The number of benzene rings is 2. The first kappa shape index (κ1) is 25.2. The molecule has 1 atom stereocenters. The summed E-state index contributed by atoms with van der Waals surface area (Å²) in [7, 11) is -1.97. The van der Waals surface area contributed by atoms with Crippen molar-refractivity contribution in [2.75, 3.05) is 20.0 Å². The van der Waals surface area contributed by atoms with Crippen LogP contribution in [0.4, 0.5) is 0 Å². The average Bonchev–Trinajstić information content (AvgIpc) is 2.74. The molecule has 1 unspecified atom stereocenters. The van der Waals surface area contributed by atoms with E-state index in [1.807, 2.05) is 31.2 Å². The van der Waals surface area contributed by atoms with Crippen molar-refractivity contribution >= 4 is 15.9 Å². The molecule has 172 valence electrons. The third-order valence-corrected chi connectivity index (χ3v) is 5.25. The highest BCUT2D eigenvalue weighted by molar-refractivity contribution is 7.88. The summed E-state index contributed by atoms with van der Waals surface area (Å²) in [6.07, 6.45) is 1.03. The average molecular weight is 459 g/mol. The van der Waals surface area contributed by atoms with Crippen molar-refractivity contribution in [2.24, 2.45) is 5.92 Å². The fourth-order valence-electron chi connectivity index (χ4n) is 2.85. The molecule has 0 radical (unpaired) electrons. The molecule has 1 amide bonds. The Morgan fingerprint density at radius 1 is 1.09 bits per heavy atom. The number of hydrogen-bond acceptors (Lipinski definition) is 5. The van der Waals surface area contributed by atoms with Gasteiger partial charge in [0.25, 0.3) is 0 Å². The van der Waals surface area contributed by atoms with Gasteiger partial charge in [0, 0.05) is 12.1 Å². The fraction of sp³-hybridized carbons (Fsp3) is 0.375. The van der Waals surface area contributed by atoms with Gasteiger partial charge in [-0.15, -0.1) is 0 Å². The van der Waals surface area contributed by atoms with Crippen molar-refractivity contribution < 1.29 is 22.7 Å². The van der Waals surface area contributed by atoms with Gasteiger partial charge in [-0.1, -0.05) is 49.5 Å². The topological polar surface area (TPSA) is 93.7 Å². The van der Waals surface area contributed by atoms with Crippen molar-refractivity contribution in [3.63, 3.8) is 0 Å². The van der Waals surface area contributed by atoms with Gasteiger partial charge < -0.3 is 14.8 Å². The maximum atomic E-state index is 12.5. The lowest BCUT2D eigenvalue weighted by atomic mass is 10.0. The Kier molecular flexibility index (Phi) is 9.12. The largest absolute Gasteiger partial charge is 0.493 e. The number of sulfonamides is 1. The number of carbonyl (C=O) groups is 1. The van der Waals surface area contributed by atoms with Gasteiger partial charge >= 0.3 is 0 Å². The Morgan fingerprint density at radius 2 is 1.78 bits per heavy atom. The highest BCUT2D eigenvalue weighted by Gasteiger charge is 2.25. The molecule has 2 aromatic rings. The molecule has 0 bridgehead atoms. The van der Waals surface area contributed by atoms with Crippen LogP contribution >= 0.6 is 0 Å². The van der Waals surface area contributed by atoms with Crippen LogP contribution < -0.4 is 19.5 Å². The molecule has 0 spiro atoms. The summed E-state index contributed by atoms with van der Waals surface area (Å²) < 4.78 is 36.5. The minimum atomic E-state index is -3.50. The first-order chi connectivity index (χ1) is 15.1. The summed E-state index contributed by atoms with van der Waals surface area (Å²) in [4.78, 5) is 12.5. The molecular weight excluding hydrogens is 428 g/mol. The lowest BCUT2D eigenvalue weighted by Gasteiger charge is -2.20. The maximum absolute atomic E-state index is 12.5. The number of amides is 1. The number of ether oxygens (including phenoxy) is 2. The van der Waals surface area contributed by atoms with E-state index in [1.54, 1.807) is 32.0 Å². The van der Waals surface area contributed by atoms with Gasteiger partial charge in [-0.3, -0.25) is 4.79 Å². The first-order valence-electron chi connectivity index (χ1n) is 10.2. The van der Waals surface area contributed by atoms with Crippen molar-refractivity contribution in [3.05, 3.63) is 59.2 Å². The lowest BCUT2D eigenvalue weighted by Crippen LogP contribution is -2.49. The summed E-state index contributed by atoms with van der Waals surface area (Å²) in [5.41, 5.74) is 2.89. The van der Waals surface area contributed by atoms with E-state index in [0.29, 0.717) is 11.5 Å². The molecule has 8 heteroatoms. The van der Waals surface area contributed by atoms with E-state index in [9.17, 15) is 13.2 Å². The number of methoxy groups -OCH3 is 1. The molecule has 0 heterocycles. The van der Waals surface area contributed by atoms with Gasteiger partial charge in [0.1, 0.15) is 12.6 Å². The van der Waals surface area contributed by atoms with Crippen LogP contribution in [0.3, 0.4) is 0 Å². The molecule has 0 aliphatic carbocycles. The van der Waals surface area contributed by atoms with Crippen LogP contribution in [0.5, 0.6) is 11.5 Å². The Labute approximate surface area is 190 Å². The molecule has 0 saturated heterocycles. The molecule has 2 N–H and O–H groups in total. The van der Waals surface area contributed by atoms with Crippen molar-refractivity contribution in [3.8, 4) is 23.3 Å². The van der Waals surface area contributed by atoms with E-state index < -0.39 is 22.0 Å². The number of nitrogens with one attached hydrogen (secondary N) is 2. The normalized spacial score (nSPS) is 11.9. The quantitative estimate of drug-likeness (QED) is 0.564. The molecular formula is C24H30N2O5S. The number of hydrogen-bond donors (Lipinski definition) is 2. The molecule has 0 aliphatic heterocycles. The molecule has 0 aromatic heterocycles. The van der Waals surface area contributed by atoms with E-state index in [2.05, 4.69) is 21.9 Å². The SMILES string of the molecule is COc1cc(CNC(=O)C(NS(C)(=O)=O)C(C)C)ccc1OCC#Cc1ccc(C)cc1. The Morgan fingerprint density at radius 3 is 2.38 bits per heavy atom. The van der Waals surface area contributed by atoms with E-state index >= 15 is 0 Å². The first-order valence-corrected chi connectivity index (χ1v) is 12.1. The van der Waals surface area contributed by atoms with Crippen LogP contribution in [-0.4, -0.2) is 40.3 Å². The zero-order valence-corrected chi connectivity index (χ0v) is 19.9. The van der Waals surface area contributed by atoms with Crippen molar-refractivity contribution in [1.82, 2.24) is 10.0 Å². The van der Waals surface area contributed by atoms with Gasteiger partial charge in [0.2, 0.25) is 15.9 Å². The number of carbonyl (C=O) groups excluding carboxylic acids is 1. The summed E-state index contributed by atoms with van der Waals surface area (Å²) in [5, 5.41) is 2.76. The van der Waals surface area contributed by atoms with E-state index in [0.717, 1.165) is 17.4 Å². The molecule has 0 aliphatic rings.